The van der Waals surface area contributed by atoms with Crippen molar-refractivity contribution in [1.82, 2.24) is 5.32 Å². The van der Waals surface area contributed by atoms with Crippen LogP contribution >= 0.6 is 0 Å². The highest BCUT2D eigenvalue weighted by molar-refractivity contribution is 5.97. The zero-order valence-corrected chi connectivity index (χ0v) is 14.4. The van der Waals surface area contributed by atoms with Gasteiger partial charge in [-0.15, -0.1) is 0 Å². The maximum Gasteiger partial charge on any atom is 0.278 e. The molecule has 1 atom stereocenters. The zero-order chi connectivity index (χ0) is 18.4. The molecule has 0 heterocycles. The fourth-order valence-corrected chi connectivity index (χ4v) is 2.78. The van der Waals surface area contributed by atoms with Crippen molar-refractivity contribution < 1.29 is 15.3 Å². The second-order valence-electron chi connectivity index (χ2n) is 6.21. The molecule has 0 unspecified atom stereocenters. The van der Waals surface area contributed by atoms with Gasteiger partial charge < -0.3 is 16.4 Å². The number of anilines is 1. The van der Waals surface area contributed by atoms with Crippen molar-refractivity contribution in [3.8, 4) is 0 Å². The summed E-state index contributed by atoms with van der Waals surface area (Å²) in [5.74, 6) is -0.497. The number of carbonyl (C=O) groups is 2. The highest BCUT2D eigenvalue weighted by Gasteiger charge is 2.18. The van der Waals surface area contributed by atoms with Crippen molar-refractivity contribution >= 4 is 28.3 Å². The lowest BCUT2D eigenvalue weighted by Crippen LogP contribution is -2.68. The second-order valence-corrected chi connectivity index (χ2v) is 6.21. The Morgan fingerprint density at radius 3 is 2.35 bits per heavy atom. The first-order valence-electron chi connectivity index (χ1n) is 8.55. The summed E-state index contributed by atoms with van der Waals surface area (Å²) in [6.07, 6.45) is 0.541. The van der Waals surface area contributed by atoms with Gasteiger partial charge in [-0.3, -0.25) is 9.59 Å². The van der Waals surface area contributed by atoms with Crippen LogP contribution in [0.1, 0.15) is 5.56 Å². The molecule has 5 N–H and O–H groups in total. The smallest absolute Gasteiger partial charge is 0.278 e. The zero-order valence-electron chi connectivity index (χ0n) is 14.4. The van der Waals surface area contributed by atoms with Crippen LogP contribution in [0.3, 0.4) is 0 Å². The Morgan fingerprint density at radius 2 is 1.58 bits per heavy atom. The van der Waals surface area contributed by atoms with Crippen molar-refractivity contribution in [3.05, 3.63) is 78.4 Å². The number of amides is 2. The van der Waals surface area contributed by atoms with E-state index in [9.17, 15) is 9.59 Å². The number of rotatable bonds is 6. The first-order valence-corrected chi connectivity index (χ1v) is 8.55. The van der Waals surface area contributed by atoms with Crippen molar-refractivity contribution in [2.75, 3.05) is 11.9 Å². The van der Waals surface area contributed by atoms with E-state index in [1.165, 1.54) is 0 Å². The maximum absolute atomic E-state index is 12.1. The Kier molecular flexibility index (Phi) is 5.61. The fraction of sp³-hybridized carbons (Fsp3) is 0.143. The maximum atomic E-state index is 12.1. The molecule has 3 aromatic carbocycles. The van der Waals surface area contributed by atoms with Gasteiger partial charge in [0.15, 0.2) is 6.04 Å². The molecule has 0 spiro atoms. The summed E-state index contributed by atoms with van der Waals surface area (Å²) in [6.45, 7) is -0.0769. The van der Waals surface area contributed by atoms with E-state index in [1.54, 1.807) is 0 Å². The molecule has 0 aliphatic carbocycles. The van der Waals surface area contributed by atoms with Crippen LogP contribution in [-0.4, -0.2) is 24.4 Å². The van der Waals surface area contributed by atoms with E-state index in [1.807, 2.05) is 72.8 Å². The predicted octanol–water partition coefficient (Wildman–Crippen LogP) is 1.75. The van der Waals surface area contributed by atoms with E-state index in [4.69, 9.17) is 0 Å². The van der Waals surface area contributed by atoms with Crippen molar-refractivity contribution in [1.29, 1.82) is 0 Å². The molecule has 0 saturated carbocycles. The van der Waals surface area contributed by atoms with Gasteiger partial charge >= 0.3 is 0 Å². The number of benzene rings is 3. The summed E-state index contributed by atoms with van der Waals surface area (Å²) in [5.41, 5.74) is 5.64. The van der Waals surface area contributed by atoms with E-state index < -0.39 is 6.04 Å². The number of quaternary nitrogens is 1. The third-order valence-electron chi connectivity index (χ3n) is 4.15. The SMILES string of the molecule is [NH3+][C@@H](Cc1ccccc1)C(=O)NCC(=O)Nc1ccc2ccccc2c1. The van der Waals surface area contributed by atoms with Crippen LogP contribution in [0.25, 0.3) is 10.8 Å². The van der Waals surface area contributed by atoms with Crippen LogP contribution in [0.4, 0.5) is 5.69 Å². The Hall–Kier alpha value is -3.18. The minimum absolute atomic E-state index is 0.0769. The summed E-state index contributed by atoms with van der Waals surface area (Å²) in [5, 5.41) is 7.61. The molecule has 2 amide bonds. The molecular weight excluding hydrogens is 326 g/mol. The quantitative estimate of drug-likeness (QED) is 0.634. The van der Waals surface area contributed by atoms with Gasteiger partial charge in [0.05, 0.1) is 6.54 Å². The van der Waals surface area contributed by atoms with Crippen LogP contribution in [0.15, 0.2) is 72.8 Å². The molecule has 26 heavy (non-hydrogen) atoms. The lowest BCUT2D eigenvalue weighted by molar-refractivity contribution is -0.403. The summed E-state index contributed by atoms with van der Waals surface area (Å²) >= 11 is 0. The minimum Gasteiger partial charge on any atom is -0.347 e. The monoisotopic (exact) mass is 348 g/mol. The van der Waals surface area contributed by atoms with E-state index in [0.717, 1.165) is 16.3 Å². The van der Waals surface area contributed by atoms with Gasteiger partial charge in [0.25, 0.3) is 5.91 Å². The minimum atomic E-state index is -0.439. The highest BCUT2D eigenvalue weighted by Crippen LogP contribution is 2.18. The van der Waals surface area contributed by atoms with Crippen LogP contribution < -0.4 is 16.4 Å². The van der Waals surface area contributed by atoms with Gasteiger partial charge in [-0.25, -0.2) is 0 Å². The number of nitrogens with one attached hydrogen (secondary N) is 2. The molecule has 0 bridgehead atoms. The molecule has 0 saturated heterocycles. The lowest BCUT2D eigenvalue weighted by Gasteiger charge is -2.10. The molecule has 0 aliphatic heterocycles. The number of carbonyl (C=O) groups excluding carboxylic acids is 2. The van der Waals surface area contributed by atoms with Crippen LogP contribution in [0.2, 0.25) is 0 Å². The third kappa shape index (κ3) is 4.68. The third-order valence-corrected chi connectivity index (χ3v) is 4.15. The van der Waals surface area contributed by atoms with Gasteiger partial charge in [-0.1, -0.05) is 60.7 Å². The number of hydrogen-bond donors (Lipinski definition) is 3. The summed E-state index contributed by atoms with van der Waals surface area (Å²) in [7, 11) is 0. The largest absolute Gasteiger partial charge is 0.347 e. The highest BCUT2D eigenvalue weighted by atomic mass is 16.2. The molecule has 0 radical (unpaired) electrons. The Balaban J connectivity index is 1.50. The predicted molar refractivity (Wildman–Crippen MR) is 102 cm³/mol. The summed E-state index contributed by atoms with van der Waals surface area (Å²) in [6, 6.07) is 22.9. The Labute approximate surface area is 152 Å². The average molecular weight is 348 g/mol. The number of hydrogen-bond acceptors (Lipinski definition) is 2. The van der Waals surface area contributed by atoms with E-state index in [0.29, 0.717) is 12.1 Å². The molecular formula is C21H22N3O2+. The fourth-order valence-electron chi connectivity index (χ4n) is 2.78. The summed E-state index contributed by atoms with van der Waals surface area (Å²) < 4.78 is 0. The van der Waals surface area contributed by atoms with E-state index >= 15 is 0 Å². The van der Waals surface area contributed by atoms with E-state index in [-0.39, 0.29) is 18.4 Å². The van der Waals surface area contributed by atoms with Gasteiger partial charge in [-0.2, -0.15) is 0 Å². The van der Waals surface area contributed by atoms with Crippen molar-refractivity contribution in [2.24, 2.45) is 0 Å². The van der Waals surface area contributed by atoms with Crippen LogP contribution in [0, 0.1) is 0 Å². The molecule has 0 aliphatic rings. The molecule has 5 nitrogen and oxygen atoms in total. The Morgan fingerprint density at radius 1 is 0.885 bits per heavy atom. The number of fused-ring (bicyclic) bond motifs is 1. The standard InChI is InChI=1S/C21H21N3O2/c22-19(12-15-6-2-1-3-7-15)21(26)23-14-20(25)24-18-11-10-16-8-4-5-9-17(16)13-18/h1-11,13,19H,12,14,22H2,(H,23,26)(H,24,25)/p+1/t19-/m0/s1. The van der Waals surface area contributed by atoms with Gasteiger partial charge in [-0.05, 0) is 28.5 Å². The lowest BCUT2D eigenvalue weighted by atomic mass is 10.1. The van der Waals surface area contributed by atoms with Crippen molar-refractivity contribution in [2.45, 2.75) is 12.5 Å². The average Bonchev–Trinajstić information content (AvgIpc) is 2.66. The van der Waals surface area contributed by atoms with Crippen LogP contribution in [-0.2, 0) is 16.0 Å². The molecule has 132 valence electrons. The molecule has 3 aromatic rings. The van der Waals surface area contributed by atoms with Gasteiger partial charge in [0.1, 0.15) is 0 Å². The van der Waals surface area contributed by atoms with Crippen LogP contribution in [0.5, 0.6) is 0 Å². The molecule has 0 fully saturated rings. The topological polar surface area (TPSA) is 85.8 Å². The molecule has 0 aromatic heterocycles. The second kappa shape index (κ2) is 8.27. The summed E-state index contributed by atoms with van der Waals surface area (Å²) in [4.78, 5) is 24.2. The normalized spacial score (nSPS) is 11.7. The first-order chi connectivity index (χ1) is 12.6. The Bertz CT molecular complexity index is 909. The van der Waals surface area contributed by atoms with Gasteiger partial charge in [0, 0.05) is 12.1 Å². The molecule has 5 heteroatoms. The van der Waals surface area contributed by atoms with Gasteiger partial charge in [0.2, 0.25) is 5.91 Å². The van der Waals surface area contributed by atoms with E-state index in [2.05, 4.69) is 16.4 Å². The molecule has 3 rings (SSSR count). The first kappa shape index (κ1) is 17.6. The van der Waals surface area contributed by atoms with Crippen molar-refractivity contribution in [3.63, 3.8) is 0 Å².